The molecule has 0 bridgehead atoms. The minimum absolute atomic E-state index is 0.245. The lowest BCUT2D eigenvalue weighted by Gasteiger charge is -2.20. The number of carbonyl (C=O) groups is 1. The number of aliphatic carboxylic acids is 1. The molecule has 1 N–H and O–H groups in total. The van der Waals surface area contributed by atoms with Crippen molar-refractivity contribution in [2.24, 2.45) is 0 Å². The molecule has 0 unspecified atom stereocenters. The van der Waals surface area contributed by atoms with E-state index in [9.17, 15) is 4.79 Å². The number of rotatable bonds is 3. The molecule has 0 heterocycles. The molecule has 0 aromatic carbocycles. The number of carboxylic acids is 1. The van der Waals surface area contributed by atoms with Crippen molar-refractivity contribution in [3.63, 3.8) is 0 Å². The van der Waals surface area contributed by atoms with Gasteiger partial charge in [-0.15, -0.1) is 0 Å². The van der Waals surface area contributed by atoms with E-state index >= 15 is 0 Å². The molecular weight excluding hydrogens is 156 g/mol. The molecule has 1 aliphatic rings. The second kappa shape index (κ2) is 4.80. The predicted octanol–water partition coefficient (Wildman–Crippen LogP) is 1.93. The third-order valence-electron chi connectivity index (χ3n) is 2.03. The maximum atomic E-state index is 10.1. The van der Waals surface area contributed by atoms with Gasteiger partial charge in [-0.25, -0.2) is 4.79 Å². The van der Waals surface area contributed by atoms with E-state index in [2.05, 4.69) is 0 Å². The van der Waals surface area contributed by atoms with E-state index in [0.29, 0.717) is 0 Å². The van der Waals surface area contributed by atoms with Crippen molar-refractivity contribution < 1.29 is 14.6 Å². The first-order valence-electron chi connectivity index (χ1n) is 4.34. The van der Waals surface area contributed by atoms with Crippen LogP contribution in [0.1, 0.15) is 32.1 Å². The summed E-state index contributed by atoms with van der Waals surface area (Å²) >= 11 is 0. The fourth-order valence-electron chi connectivity index (χ4n) is 1.41. The van der Waals surface area contributed by atoms with Crippen molar-refractivity contribution in [3.8, 4) is 0 Å². The van der Waals surface area contributed by atoms with Gasteiger partial charge in [0.1, 0.15) is 0 Å². The number of carboxylic acid groups (broad SMARTS) is 1. The molecule has 0 atom stereocenters. The van der Waals surface area contributed by atoms with Crippen LogP contribution in [0.4, 0.5) is 0 Å². The van der Waals surface area contributed by atoms with Crippen molar-refractivity contribution in [1.29, 1.82) is 0 Å². The summed E-state index contributed by atoms with van der Waals surface area (Å²) in [5.41, 5.74) is 0. The Labute approximate surface area is 72.0 Å². The number of ether oxygens (including phenoxy) is 1. The second-order valence-corrected chi connectivity index (χ2v) is 3.04. The van der Waals surface area contributed by atoms with Gasteiger partial charge in [0, 0.05) is 0 Å². The summed E-state index contributed by atoms with van der Waals surface area (Å²) < 4.78 is 5.23. The maximum Gasteiger partial charge on any atom is 0.331 e. The van der Waals surface area contributed by atoms with Crippen molar-refractivity contribution in [3.05, 3.63) is 12.3 Å². The fourth-order valence-corrected chi connectivity index (χ4v) is 1.41. The molecule has 1 aliphatic carbocycles. The molecule has 1 fully saturated rings. The summed E-state index contributed by atoms with van der Waals surface area (Å²) in [7, 11) is 0. The molecule has 0 amide bonds. The van der Waals surface area contributed by atoms with Gasteiger partial charge in [-0.2, -0.15) is 0 Å². The average molecular weight is 170 g/mol. The molecule has 0 aromatic rings. The Morgan fingerprint density at radius 1 is 1.33 bits per heavy atom. The van der Waals surface area contributed by atoms with Gasteiger partial charge in [-0.1, -0.05) is 6.42 Å². The van der Waals surface area contributed by atoms with Crippen LogP contribution < -0.4 is 0 Å². The number of hydrogen-bond acceptors (Lipinski definition) is 2. The summed E-state index contributed by atoms with van der Waals surface area (Å²) in [5.74, 6) is -0.953. The standard InChI is InChI=1S/C9H14O3/c10-9(11)6-7-12-8-4-2-1-3-5-8/h6-8H,1-5H2,(H,10,11)/b7-6+. The van der Waals surface area contributed by atoms with Crippen LogP contribution in [-0.4, -0.2) is 17.2 Å². The van der Waals surface area contributed by atoms with Gasteiger partial charge < -0.3 is 9.84 Å². The highest BCUT2D eigenvalue weighted by Crippen LogP contribution is 2.20. The quantitative estimate of drug-likeness (QED) is 0.520. The van der Waals surface area contributed by atoms with Crippen molar-refractivity contribution in [2.75, 3.05) is 0 Å². The van der Waals surface area contributed by atoms with Gasteiger partial charge in [0.2, 0.25) is 0 Å². The lowest BCUT2D eigenvalue weighted by molar-refractivity contribution is -0.131. The monoisotopic (exact) mass is 170 g/mol. The Kier molecular flexibility index (Phi) is 3.64. The van der Waals surface area contributed by atoms with Crippen molar-refractivity contribution in [2.45, 2.75) is 38.2 Å². The fraction of sp³-hybridized carbons (Fsp3) is 0.667. The topological polar surface area (TPSA) is 46.5 Å². The van der Waals surface area contributed by atoms with Crippen LogP contribution in [0, 0.1) is 0 Å². The zero-order chi connectivity index (χ0) is 8.81. The molecule has 3 nitrogen and oxygen atoms in total. The van der Waals surface area contributed by atoms with Gasteiger partial charge >= 0.3 is 5.97 Å². The van der Waals surface area contributed by atoms with Crippen LogP contribution in [0.2, 0.25) is 0 Å². The van der Waals surface area contributed by atoms with Gasteiger partial charge in [-0.05, 0) is 25.7 Å². The maximum absolute atomic E-state index is 10.1. The van der Waals surface area contributed by atoms with Gasteiger partial charge in [0.15, 0.2) is 0 Å². The molecule has 0 spiro atoms. The molecule has 3 heteroatoms. The van der Waals surface area contributed by atoms with Gasteiger partial charge in [0.05, 0.1) is 18.4 Å². The average Bonchev–Trinajstić information content (AvgIpc) is 2.05. The Morgan fingerprint density at radius 2 is 2.00 bits per heavy atom. The molecular formula is C9H14O3. The van der Waals surface area contributed by atoms with Crippen LogP contribution in [0.15, 0.2) is 12.3 Å². The third-order valence-corrected chi connectivity index (χ3v) is 2.03. The van der Waals surface area contributed by atoms with E-state index in [0.717, 1.165) is 18.9 Å². The van der Waals surface area contributed by atoms with Crippen LogP contribution in [-0.2, 0) is 9.53 Å². The molecule has 68 valence electrons. The van der Waals surface area contributed by atoms with E-state index in [4.69, 9.17) is 9.84 Å². The molecule has 12 heavy (non-hydrogen) atoms. The van der Waals surface area contributed by atoms with Gasteiger partial charge in [0.25, 0.3) is 0 Å². The van der Waals surface area contributed by atoms with E-state index in [1.807, 2.05) is 0 Å². The normalized spacial score (nSPS) is 19.7. The van der Waals surface area contributed by atoms with E-state index in [1.165, 1.54) is 25.5 Å². The van der Waals surface area contributed by atoms with Crippen LogP contribution in [0.3, 0.4) is 0 Å². The van der Waals surface area contributed by atoms with Crippen LogP contribution >= 0.6 is 0 Å². The lowest BCUT2D eigenvalue weighted by Crippen LogP contribution is -2.13. The highest BCUT2D eigenvalue weighted by molar-refractivity contribution is 5.79. The first-order valence-corrected chi connectivity index (χ1v) is 4.34. The summed E-state index contributed by atoms with van der Waals surface area (Å²) in [4.78, 5) is 10.1. The Morgan fingerprint density at radius 3 is 2.58 bits per heavy atom. The largest absolute Gasteiger partial charge is 0.498 e. The minimum Gasteiger partial charge on any atom is -0.498 e. The summed E-state index contributed by atoms with van der Waals surface area (Å²) in [6.45, 7) is 0. The second-order valence-electron chi connectivity index (χ2n) is 3.04. The predicted molar refractivity (Wildman–Crippen MR) is 44.7 cm³/mol. The smallest absolute Gasteiger partial charge is 0.331 e. The minimum atomic E-state index is -0.953. The third kappa shape index (κ3) is 3.42. The molecule has 1 rings (SSSR count). The van der Waals surface area contributed by atoms with E-state index < -0.39 is 5.97 Å². The molecule has 1 saturated carbocycles. The number of hydrogen-bond donors (Lipinski definition) is 1. The van der Waals surface area contributed by atoms with E-state index in [1.54, 1.807) is 0 Å². The molecule has 0 aromatic heterocycles. The summed E-state index contributed by atoms with van der Waals surface area (Å²) in [6, 6.07) is 0. The van der Waals surface area contributed by atoms with Crippen LogP contribution in [0.5, 0.6) is 0 Å². The summed E-state index contributed by atoms with van der Waals surface area (Å²) in [6.07, 6.45) is 8.37. The first kappa shape index (κ1) is 9.10. The SMILES string of the molecule is O=C(O)/C=C/OC1CCCCC1. The van der Waals surface area contributed by atoms with Crippen LogP contribution in [0.25, 0.3) is 0 Å². The van der Waals surface area contributed by atoms with Gasteiger partial charge in [-0.3, -0.25) is 0 Å². The van der Waals surface area contributed by atoms with Crippen molar-refractivity contribution >= 4 is 5.97 Å². The van der Waals surface area contributed by atoms with E-state index in [-0.39, 0.29) is 6.10 Å². The van der Waals surface area contributed by atoms with Crippen molar-refractivity contribution in [1.82, 2.24) is 0 Å². The Balaban J connectivity index is 2.17. The first-order chi connectivity index (χ1) is 5.79. The Bertz CT molecular complexity index is 169. The highest BCUT2D eigenvalue weighted by atomic mass is 16.5. The zero-order valence-electron chi connectivity index (χ0n) is 7.03. The highest BCUT2D eigenvalue weighted by Gasteiger charge is 2.12. The molecule has 0 saturated heterocycles. The molecule has 0 aliphatic heterocycles. The molecule has 0 radical (unpaired) electrons. The Hall–Kier alpha value is -0.990. The summed E-state index contributed by atoms with van der Waals surface area (Å²) in [5, 5.41) is 8.28. The lowest BCUT2D eigenvalue weighted by atomic mass is 9.98. The zero-order valence-corrected chi connectivity index (χ0v) is 7.03.